The second-order valence-corrected chi connectivity index (χ2v) is 22.3. The quantitative estimate of drug-likeness (QED) is 0.0797. The fraction of sp³-hybridized carbons (Fsp3) is 0.233. The van der Waals surface area contributed by atoms with Gasteiger partial charge in [-0.15, -0.1) is 0 Å². The van der Waals surface area contributed by atoms with Crippen LogP contribution >= 0.6 is 0 Å². The van der Waals surface area contributed by atoms with Gasteiger partial charge in [0.25, 0.3) is 0 Å². The van der Waals surface area contributed by atoms with Crippen LogP contribution in [0.3, 0.4) is 0 Å². The summed E-state index contributed by atoms with van der Waals surface area (Å²) in [5.74, 6) is 1.78. The average molecular weight is 1060 g/mol. The first-order chi connectivity index (χ1) is 39.8. The summed E-state index contributed by atoms with van der Waals surface area (Å²) in [6, 6.07) is 50.3. The Hall–Kier alpha value is -8.88. The molecule has 1 aliphatic carbocycles. The van der Waals surface area contributed by atoms with E-state index in [1.54, 1.807) is 0 Å². The maximum atomic E-state index is 6.47. The lowest BCUT2D eigenvalue weighted by Gasteiger charge is -2.35. The molecule has 8 nitrogen and oxygen atoms in total. The van der Waals surface area contributed by atoms with Crippen molar-refractivity contribution in [2.75, 3.05) is 13.2 Å². The Morgan fingerprint density at radius 1 is 0.383 bits per heavy atom. The van der Waals surface area contributed by atoms with Gasteiger partial charge < -0.3 is 18.6 Å². The molecule has 81 heavy (non-hydrogen) atoms. The second kappa shape index (κ2) is 21.6. The van der Waals surface area contributed by atoms with E-state index < -0.39 is 5.41 Å². The van der Waals surface area contributed by atoms with Crippen LogP contribution in [0.5, 0.6) is 11.5 Å². The minimum Gasteiger partial charge on any atom is -0.494 e. The van der Waals surface area contributed by atoms with Crippen molar-refractivity contribution in [2.45, 2.75) is 98.3 Å². The normalized spacial score (nSPS) is 12.7. The molecule has 0 aliphatic heterocycles. The predicted octanol–water partition coefficient (Wildman–Crippen LogP) is 18.3. The summed E-state index contributed by atoms with van der Waals surface area (Å²) in [5.41, 5.74) is 22.9. The molecular weight excluding hydrogens is 993 g/mol. The Labute approximate surface area is 475 Å². The van der Waals surface area contributed by atoms with E-state index in [9.17, 15) is 0 Å². The smallest absolute Gasteiger partial charge is 0.119 e. The standard InChI is InChI=1S/C73H68N6O2/c1-7-9-11-13-35-80-57-21-17-53(18-22-57)73(54-19-23-58(24-20-54)81-36-14-12-10-8-2)65-41-51(71-47(3)37-55(38-48(71)4)78-67-27-31-74-43-61(67)62-44-75-32-28-68(62)78)15-25-59(65)60-26-16-52(42-66(60)73)72-49(5)39-56(40-50(72)6)79-69-29-33-76-45-63(69)64-46-77-34-30-70(64)79/h15-34,37-46H,7-14,35-36H2,1-6H3. The van der Waals surface area contributed by atoms with Gasteiger partial charge in [-0.1, -0.05) is 101 Å². The first-order valence-electron chi connectivity index (χ1n) is 29.1. The summed E-state index contributed by atoms with van der Waals surface area (Å²) in [6.45, 7) is 15.0. The molecule has 6 heterocycles. The van der Waals surface area contributed by atoms with Gasteiger partial charge in [-0.25, -0.2) is 0 Å². The van der Waals surface area contributed by atoms with Crippen LogP contribution in [0.25, 0.3) is 88.4 Å². The van der Waals surface area contributed by atoms with Gasteiger partial charge in [0.2, 0.25) is 0 Å². The molecule has 0 bridgehead atoms. The highest BCUT2D eigenvalue weighted by Crippen LogP contribution is 2.58. The molecule has 6 aromatic heterocycles. The molecule has 12 aromatic rings. The van der Waals surface area contributed by atoms with E-state index in [1.807, 2.05) is 49.6 Å². The number of fused-ring (bicyclic) bond motifs is 9. The number of aryl methyl sites for hydroxylation is 4. The third kappa shape index (κ3) is 8.92. The molecule has 0 amide bonds. The average Bonchev–Trinajstić information content (AvgIpc) is 3.92. The number of rotatable bonds is 18. The molecule has 0 spiro atoms. The van der Waals surface area contributed by atoms with Gasteiger partial charge in [0, 0.05) is 82.5 Å². The van der Waals surface area contributed by atoms with Gasteiger partial charge in [0.1, 0.15) is 11.5 Å². The van der Waals surface area contributed by atoms with Crippen molar-refractivity contribution in [1.29, 1.82) is 0 Å². The van der Waals surface area contributed by atoms with Crippen LogP contribution in [0.4, 0.5) is 0 Å². The zero-order valence-electron chi connectivity index (χ0n) is 47.4. The van der Waals surface area contributed by atoms with E-state index in [2.05, 4.69) is 204 Å². The van der Waals surface area contributed by atoms with Gasteiger partial charge in [-0.05, 0) is 203 Å². The van der Waals surface area contributed by atoms with Crippen LogP contribution in [0.15, 0.2) is 183 Å². The number of ether oxygens (including phenoxy) is 2. The molecule has 13 rings (SSSR count). The Morgan fingerprint density at radius 2 is 0.728 bits per heavy atom. The third-order valence-electron chi connectivity index (χ3n) is 17.1. The van der Waals surface area contributed by atoms with Crippen molar-refractivity contribution in [1.82, 2.24) is 29.1 Å². The van der Waals surface area contributed by atoms with Crippen molar-refractivity contribution < 1.29 is 9.47 Å². The van der Waals surface area contributed by atoms with E-state index in [0.29, 0.717) is 13.2 Å². The zero-order valence-corrected chi connectivity index (χ0v) is 47.4. The fourth-order valence-electron chi connectivity index (χ4n) is 13.5. The zero-order chi connectivity index (χ0) is 55.2. The number of hydrogen-bond acceptors (Lipinski definition) is 6. The van der Waals surface area contributed by atoms with E-state index in [4.69, 9.17) is 9.47 Å². The van der Waals surface area contributed by atoms with Crippen LogP contribution in [0.1, 0.15) is 110 Å². The largest absolute Gasteiger partial charge is 0.494 e. The van der Waals surface area contributed by atoms with E-state index in [0.717, 1.165) is 79.3 Å². The molecule has 0 fully saturated rings. The molecule has 6 aromatic carbocycles. The molecule has 0 unspecified atom stereocenters. The number of nitrogens with zero attached hydrogens (tertiary/aromatic N) is 6. The SMILES string of the molecule is CCCCCCOc1ccc(C2(c3ccc(OCCCCCC)cc3)c3cc(-c4c(C)cc(-n5c6ccncc6c6cnccc65)cc4C)ccc3-c3ccc(-c4c(C)cc(-n5c6ccncc6c6cnccc65)cc4C)cc32)cc1. The highest BCUT2D eigenvalue weighted by Gasteiger charge is 2.47. The lowest BCUT2D eigenvalue weighted by atomic mass is 9.67. The molecule has 1 aliphatic rings. The van der Waals surface area contributed by atoms with Crippen LogP contribution < -0.4 is 9.47 Å². The van der Waals surface area contributed by atoms with Gasteiger partial charge in [0.15, 0.2) is 0 Å². The first kappa shape index (κ1) is 51.6. The molecule has 402 valence electrons. The van der Waals surface area contributed by atoms with Crippen molar-refractivity contribution in [2.24, 2.45) is 0 Å². The molecular formula is C73H68N6O2. The van der Waals surface area contributed by atoms with Gasteiger partial charge in [-0.3, -0.25) is 19.9 Å². The van der Waals surface area contributed by atoms with Crippen molar-refractivity contribution in [3.05, 3.63) is 228 Å². The number of aromatic nitrogens is 6. The van der Waals surface area contributed by atoms with E-state index in [1.165, 1.54) is 116 Å². The second-order valence-electron chi connectivity index (χ2n) is 22.3. The maximum absolute atomic E-state index is 6.47. The predicted molar refractivity (Wildman–Crippen MR) is 333 cm³/mol. The van der Waals surface area contributed by atoms with E-state index >= 15 is 0 Å². The van der Waals surface area contributed by atoms with Gasteiger partial charge >= 0.3 is 0 Å². The Balaban J connectivity index is 0.988. The summed E-state index contributed by atoms with van der Waals surface area (Å²) in [6.07, 6.45) is 24.6. The van der Waals surface area contributed by atoms with Crippen LogP contribution in [-0.4, -0.2) is 42.3 Å². The van der Waals surface area contributed by atoms with Gasteiger partial charge in [-0.2, -0.15) is 0 Å². The molecule has 0 saturated heterocycles. The molecule has 0 saturated carbocycles. The summed E-state index contributed by atoms with van der Waals surface area (Å²) in [7, 11) is 0. The summed E-state index contributed by atoms with van der Waals surface area (Å²) in [5, 5.41) is 4.36. The van der Waals surface area contributed by atoms with Gasteiger partial charge in [0.05, 0.1) is 40.7 Å². The number of benzene rings is 6. The van der Waals surface area contributed by atoms with Crippen LogP contribution in [-0.2, 0) is 5.41 Å². The minimum atomic E-state index is -0.727. The minimum absolute atomic E-state index is 0.703. The fourth-order valence-corrected chi connectivity index (χ4v) is 13.5. The Morgan fingerprint density at radius 3 is 1.06 bits per heavy atom. The topological polar surface area (TPSA) is 79.9 Å². The number of unbranched alkanes of at least 4 members (excludes halogenated alkanes) is 6. The first-order valence-corrected chi connectivity index (χ1v) is 29.1. The maximum Gasteiger partial charge on any atom is 0.119 e. The summed E-state index contributed by atoms with van der Waals surface area (Å²) >= 11 is 0. The molecule has 0 N–H and O–H groups in total. The van der Waals surface area contributed by atoms with Crippen molar-refractivity contribution >= 4 is 43.6 Å². The lowest BCUT2D eigenvalue weighted by molar-refractivity contribution is 0.305. The van der Waals surface area contributed by atoms with Crippen molar-refractivity contribution in [3.8, 4) is 56.3 Å². The van der Waals surface area contributed by atoms with Crippen LogP contribution in [0.2, 0.25) is 0 Å². The summed E-state index contributed by atoms with van der Waals surface area (Å²) in [4.78, 5) is 18.0. The third-order valence-corrected chi connectivity index (χ3v) is 17.1. The Bertz CT molecular complexity index is 3890. The highest BCUT2D eigenvalue weighted by atomic mass is 16.5. The molecule has 8 heteroatoms. The monoisotopic (exact) mass is 1060 g/mol. The molecule has 0 radical (unpaired) electrons. The lowest BCUT2D eigenvalue weighted by Crippen LogP contribution is -2.28. The Kier molecular flexibility index (Phi) is 13.8. The summed E-state index contributed by atoms with van der Waals surface area (Å²) < 4.78 is 17.6. The van der Waals surface area contributed by atoms with Crippen molar-refractivity contribution in [3.63, 3.8) is 0 Å². The number of pyridine rings is 4. The van der Waals surface area contributed by atoms with Crippen LogP contribution in [0, 0.1) is 27.7 Å². The molecule has 0 atom stereocenters. The highest BCUT2D eigenvalue weighted by molar-refractivity contribution is 6.09. The number of hydrogen-bond donors (Lipinski definition) is 0. The van der Waals surface area contributed by atoms with E-state index in [-0.39, 0.29) is 0 Å².